The fourth-order valence-corrected chi connectivity index (χ4v) is 2.34. The van der Waals surface area contributed by atoms with Crippen LogP contribution in [0.15, 0.2) is 42.9 Å². The van der Waals surface area contributed by atoms with E-state index in [4.69, 9.17) is 0 Å². The molecule has 2 aromatic rings. The molecule has 0 bridgehead atoms. The largest absolute Gasteiger partial charge is 0.249 e. The smallest absolute Gasteiger partial charge is 0.236 e. The van der Waals surface area contributed by atoms with Crippen molar-refractivity contribution >= 4 is 0 Å². The zero-order valence-electron chi connectivity index (χ0n) is 12.2. The second-order valence-electron chi connectivity index (χ2n) is 5.14. The summed E-state index contributed by atoms with van der Waals surface area (Å²) in [7, 11) is 0. The van der Waals surface area contributed by atoms with Gasteiger partial charge in [0.05, 0.1) is 6.54 Å². The minimum absolute atomic E-state index is 1.12. The van der Waals surface area contributed by atoms with E-state index < -0.39 is 0 Å². The Morgan fingerprint density at radius 1 is 1.00 bits per heavy atom. The fourth-order valence-electron chi connectivity index (χ4n) is 2.34. The van der Waals surface area contributed by atoms with Gasteiger partial charge in [-0.2, -0.15) is 4.57 Å². The summed E-state index contributed by atoms with van der Waals surface area (Å²) in [5, 5.41) is 0. The Morgan fingerprint density at radius 2 is 1.74 bits per heavy atom. The molecule has 0 fully saturated rings. The topological polar surface area (TPSA) is 8.81 Å². The summed E-state index contributed by atoms with van der Waals surface area (Å²) in [5.41, 5.74) is 2.69. The van der Waals surface area contributed by atoms with Crippen molar-refractivity contribution in [1.29, 1.82) is 0 Å². The zero-order chi connectivity index (χ0) is 13.5. The molecule has 1 aromatic heterocycles. The molecule has 0 N–H and O–H groups in total. The predicted octanol–water partition coefficient (Wildman–Crippen LogP) is 3.91. The normalized spacial score (nSPS) is 10.8. The van der Waals surface area contributed by atoms with Crippen molar-refractivity contribution in [2.75, 3.05) is 0 Å². The van der Waals surface area contributed by atoms with Gasteiger partial charge in [-0.1, -0.05) is 44.9 Å². The number of para-hydroxylation sites is 1. The monoisotopic (exact) mass is 257 g/mol. The van der Waals surface area contributed by atoms with Crippen LogP contribution in [0, 0.1) is 0 Å². The molecule has 2 nitrogen and oxygen atoms in total. The van der Waals surface area contributed by atoms with E-state index in [0.717, 1.165) is 13.0 Å². The van der Waals surface area contributed by atoms with Crippen molar-refractivity contribution in [2.24, 2.45) is 0 Å². The fraction of sp³-hybridized carbons (Fsp3) is 0.471. The first kappa shape index (κ1) is 13.9. The first-order chi connectivity index (χ1) is 9.35. The van der Waals surface area contributed by atoms with Gasteiger partial charge in [-0.25, -0.2) is 4.57 Å². The number of benzene rings is 1. The molecule has 0 aliphatic carbocycles. The van der Waals surface area contributed by atoms with Crippen LogP contribution in [-0.4, -0.2) is 4.57 Å². The van der Waals surface area contributed by atoms with Gasteiger partial charge in [0.1, 0.15) is 17.6 Å². The van der Waals surface area contributed by atoms with Crippen molar-refractivity contribution in [3.05, 3.63) is 48.5 Å². The lowest BCUT2D eigenvalue weighted by molar-refractivity contribution is -0.696. The lowest BCUT2D eigenvalue weighted by Crippen LogP contribution is -2.30. The molecule has 1 heterocycles. The highest BCUT2D eigenvalue weighted by molar-refractivity contribution is 5.32. The average Bonchev–Trinajstić information content (AvgIpc) is 2.87. The van der Waals surface area contributed by atoms with E-state index in [-0.39, 0.29) is 0 Å². The SMILES string of the molecule is CCCCc1c[n+](CCCC)cn1-c1ccccc1. The molecule has 0 unspecified atom stereocenters. The quantitative estimate of drug-likeness (QED) is 0.665. The second-order valence-corrected chi connectivity index (χ2v) is 5.14. The third kappa shape index (κ3) is 3.69. The first-order valence-electron chi connectivity index (χ1n) is 7.51. The van der Waals surface area contributed by atoms with Gasteiger partial charge in [0.25, 0.3) is 0 Å². The van der Waals surface area contributed by atoms with E-state index >= 15 is 0 Å². The molecule has 19 heavy (non-hydrogen) atoms. The van der Waals surface area contributed by atoms with Gasteiger partial charge >= 0.3 is 0 Å². The highest BCUT2D eigenvalue weighted by Crippen LogP contribution is 2.12. The number of nitrogens with zero attached hydrogens (tertiary/aromatic N) is 2. The highest BCUT2D eigenvalue weighted by Gasteiger charge is 2.14. The van der Waals surface area contributed by atoms with Gasteiger partial charge in [-0.15, -0.1) is 0 Å². The summed E-state index contributed by atoms with van der Waals surface area (Å²) < 4.78 is 4.67. The first-order valence-corrected chi connectivity index (χ1v) is 7.51. The summed E-state index contributed by atoms with van der Waals surface area (Å²) in [4.78, 5) is 0. The van der Waals surface area contributed by atoms with Crippen molar-refractivity contribution < 1.29 is 4.57 Å². The molecule has 102 valence electrons. The summed E-state index contributed by atoms with van der Waals surface area (Å²) >= 11 is 0. The van der Waals surface area contributed by atoms with Crippen LogP contribution < -0.4 is 4.57 Å². The Labute approximate surface area is 116 Å². The van der Waals surface area contributed by atoms with Gasteiger partial charge in [0, 0.05) is 6.42 Å². The zero-order valence-corrected chi connectivity index (χ0v) is 12.2. The van der Waals surface area contributed by atoms with Gasteiger partial charge in [0.2, 0.25) is 6.33 Å². The number of aromatic nitrogens is 2. The Morgan fingerprint density at radius 3 is 2.42 bits per heavy atom. The molecule has 0 saturated carbocycles. The maximum Gasteiger partial charge on any atom is 0.249 e. The lowest BCUT2D eigenvalue weighted by Gasteiger charge is -1.99. The van der Waals surface area contributed by atoms with E-state index in [0.29, 0.717) is 0 Å². The van der Waals surface area contributed by atoms with Crippen molar-refractivity contribution in [3.8, 4) is 5.69 Å². The molecule has 0 radical (unpaired) electrons. The molecular formula is C17H25N2+. The van der Waals surface area contributed by atoms with Gasteiger partial charge in [-0.05, 0) is 25.0 Å². The molecule has 0 amide bonds. The minimum Gasteiger partial charge on any atom is -0.236 e. The third-order valence-corrected chi connectivity index (χ3v) is 3.48. The van der Waals surface area contributed by atoms with Crippen LogP contribution in [0.1, 0.15) is 45.2 Å². The van der Waals surface area contributed by atoms with E-state index in [1.807, 2.05) is 0 Å². The van der Waals surface area contributed by atoms with Crippen LogP contribution in [0.5, 0.6) is 0 Å². The molecule has 1 aromatic carbocycles. The van der Waals surface area contributed by atoms with E-state index in [1.165, 1.54) is 37.1 Å². The number of hydrogen-bond donors (Lipinski definition) is 0. The van der Waals surface area contributed by atoms with Gasteiger partial charge in [-0.3, -0.25) is 0 Å². The molecule has 0 aliphatic heterocycles. The van der Waals surface area contributed by atoms with Crippen LogP contribution in [0.25, 0.3) is 5.69 Å². The van der Waals surface area contributed by atoms with Crippen LogP contribution >= 0.6 is 0 Å². The molecule has 0 aliphatic rings. The van der Waals surface area contributed by atoms with Crippen LogP contribution in [-0.2, 0) is 13.0 Å². The Hall–Kier alpha value is -1.57. The van der Waals surface area contributed by atoms with E-state index in [2.05, 4.69) is 65.8 Å². The standard InChI is InChI=1S/C17H25N2/c1-3-5-10-17-14-18(13-6-4-2)15-19(17)16-11-8-7-9-12-16/h7-9,11-12,14-15H,3-6,10,13H2,1-2H3/q+1. The predicted molar refractivity (Wildman–Crippen MR) is 79.5 cm³/mol. The molecule has 0 saturated heterocycles. The number of aryl methyl sites for hydroxylation is 2. The van der Waals surface area contributed by atoms with Crippen molar-refractivity contribution in [3.63, 3.8) is 0 Å². The molecule has 0 spiro atoms. The van der Waals surface area contributed by atoms with E-state index in [1.54, 1.807) is 0 Å². The van der Waals surface area contributed by atoms with Crippen LogP contribution in [0.2, 0.25) is 0 Å². The molecule has 0 atom stereocenters. The van der Waals surface area contributed by atoms with Crippen LogP contribution in [0.4, 0.5) is 0 Å². The lowest BCUT2D eigenvalue weighted by atomic mass is 10.2. The average molecular weight is 257 g/mol. The van der Waals surface area contributed by atoms with Crippen molar-refractivity contribution in [2.45, 2.75) is 52.5 Å². The molecular weight excluding hydrogens is 232 g/mol. The maximum atomic E-state index is 2.34. The summed E-state index contributed by atoms with van der Waals surface area (Å²) in [6, 6.07) is 10.6. The van der Waals surface area contributed by atoms with Gasteiger partial charge < -0.3 is 0 Å². The van der Waals surface area contributed by atoms with Crippen molar-refractivity contribution in [1.82, 2.24) is 4.57 Å². The summed E-state index contributed by atoms with van der Waals surface area (Å²) in [6.45, 7) is 5.61. The maximum absolute atomic E-state index is 2.34. The molecule has 2 heteroatoms. The highest BCUT2D eigenvalue weighted by atomic mass is 15.1. The third-order valence-electron chi connectivity index (χ3n) is 3.48. The van der Waals surface area contributed by atoms with Gasteiger partial charge in [0.15, 0.2) is 0 Å². The number of imidazole rings is 1. The van der Waals surface area contributed by atoms with E-state index in [9.17, 15) is 0 Å². The van der Waals surface area contributed by atoms with Crippen LogP contribution in [0.3, 0.4) is 0 Å². The Balaban J connectivity index is 2.25. The second kappa shape index (κ2) is 7.13. The summed E-state index contributed by atoms with van der Waals surface area (Å²) in [6.07, 6.45) is 10.7. The Bertz CT molecular complexity index is 485. The Kier molecular flexibility index (Phi) is 5.20. The number of unbranched alkanes of at least 4 members (excludes halogenated alkanes) is 2. The number of hydrogen-bond acceptors (Lipinski definition) is 0. The summed E-state index contributed by atoms with van der Waals surface area (Å²) in [5.74, 6) is 0. The minimum atomic E-state index is 1.12. The number of rotatable bonds is 7. The molecule has 2 rings (SSSR count).